The highest BCUT2D eigenvalue weighted by Crippen LogP contribution is 2.33. The van der Waals surface area contributed by atoms with E-state index in [1.54, 1.807) is 30.5 Å². The first-order chi connectivity index (χ1) is 16.0. The predicted octanol–water partition coefficient (Wildman–Crippen LogP) is 5.15. The Labute approximate surface area is 209 Å². The molecule has 0 atom stereocenters. The molecule has 0 bridgehead atoms. The number of pyridine rings is 1. The topological polar surface area (TPSA) is 79.4 Å². The molecular weight excluding hydrogens is 490 g/mol. The van der Waals surface area contributed by atoms with E-state index in [1.807, 2.05) is 18.2 Å². The standard InChI is InChI=1S/C25H26ClN3O3S2/c1-25(2,3)20-7-5-4-6-19(20)17-8-11-23(27-16-17)29-14-12-21(24(29)30)28-34(31,32)15-13-18-9-10-22(26)33-18/h4-12,16,28H,13-15H2,1-3H3. The Kier molecular flexibility index (Phi) is 6.85. The van der Waals surface area contributed by atoms with Gasteiger partial charge in [0, 0.05) is 23.2 Å². The second-order valence-electron chi connectivity index (χ2n) is 9.11. The number of carbonyl (C=O) groups excluding carboxylic acids is 1. The number of amides is 1. The molecule has 4 rings (SSSR count). The molecule has 0 fully saturated rings. The molecule has 1 aromatic carbocycles. The van der Waals surface area contributed by atoms with Gasteiger partial charge in [-0.25, -0.2) is 13.4 Å². The van der Waals surface area contributed by atoms with Crippen LogP contribution < -0.4 is 9.62 Å². The van der Waals surface area contributed by atoms with Crippen molar-refractivity contribution in [3.05, 3.63) is 81.3 Å². The molecule has 0 saturated carbocycles. The van der Waals surface area contributed by atoms with Crippen molar-refractivity contribution in [2.24, 2.45) is 0 Å². The maximum absolute atomic E-state index is 12.9. The van der Waals surface area contributed by atoms with Crippen molar-refractivity contribution >= 4 is 44.7 Å². The molecule has 0 spiro atoms. The van der Waals surface area contributed by atoms with Gasteiger partial charge in [-0.2, -0.15) is 0 Å². The van der Waals surface area contributed by atoms with Crippen LogP contribution in [0.1, 0.15) is 31.2 Å². The quantitative estimate of drug-likeness (QED) is 0.471. The first kappa shape index (κ1) is 24.4. The van der Waals surface area contributed by atoms with Crippen molar-refractivity contribution in [1.82, 2.24) is 9.71 Å². The lowest BCUT2D eigenvalue weighted by molar-refractivity contribution is -0.114. The van der Waals surface area contributed by atoms with Crippen LogP contribution in [-0.4, -0.2) is 31.6 Å². The van der Waals surface area contributed by atoms with Gasteiger partial charge in [0.05, 0.1) is 10.1 Å². The van der Waals surface area contributed by atoms with Crippen molar-refractivity contribution in [2.45, 2.75) is 32.6 Å². The highest BCUT2D eigenvalue weighted by molar-refractivity contribution is 7.89. The van der Waals surface area contributed by atoms with Crippen LogP contribution in [0.2, 0.25) is 4.34 Å². The van der Waals surface area contributed by atoms with Crippen LogP contribution in [0.3, 0.4) is 0 Å². The van der Waals surface area contributed by atoms with Crippen molar-refractivity contribution in [3.8, 4) is 11.1 Å². The minimum atomic E-state index is -3.68. The first-order valence-corrected chi connectivity index (χ1v) is 13.7. The monoisotopic (exact) mass is 515 g/mol. The molecule has 178 valence electrons. The van der Waals surface area contributed by atoms with Crippen LogP contribution in [0.4, 0.5) is 5.82 Å². The van der Waals surface area contributed by atoms with Gasteiger partial charge in [0.2, 0.25) is 10.0 Å². The molecule has 1 amide bonds. The van der Waals surface area contributed by atoms with Gasteiger partial charge in [-0.3, -0.25) is 14.4 Å². The van der Waals surface area contributed by atoms with Crippen molar-refractivity contribution in [2.75, 3.05) is 17.2 Å². The molecule has 34 heavy (non-hydrogen) atoms. The van der Waals surface area contributed by atoms with Crippen LogP contribution in [0, 0.1) is 0 Å². The van der Waals surface area contributed by atoms with E-state index in [1.165, 1.54) is 21.8 Å². The van der Waals surface area contributed by atoms with Crippen LogP contribution in [0.5, 0.6) is 0 Å². The average molecular weight is 516 g/mol. The molecule has 1 aliphatic rings. The van der Waals surface area contributed by atoms with E-state index in [2.05, 4.69) is 42.6 Å². The summed E-state index contributed by atoms with van der Waals surface area (Å²) in [6, 6.07) is 15.5. The van der Waals surface area contributed by atoms with Crippen molar-refractivity contribution in [1.29, 1.82) is 0 Å². The maximum atomic E-state index is 12.9. The number of halogens is 1. The summed E-state index contributed by atoms with van der Waals surface area (Å²) in [6.07, 6.45) is 3.66. The van der Waals surface area contributed by atoms with E-state index >= 15 is 0 Å². The van der Waals surface area contributed by atoms with Gasteiger partial charge in [-0.15, -0.1) is 11.3 Å². The molecule has 0 saturated heterocycles. The smallest absolute Gasteiger partial charge is 0.276 e. The summed E-state index contributed by atoms with van der Waals surface area (Å²) in [6.45, 7) is 6.75. The molecule has 3 heterocycles. The minimum Gasteiger partial charge on any atom is -0.287 e. The number of thiophene rings is 1. The molecule has 0 aliphatic carbocycles. The Balaban J connectivity index is 1.44. The highest BCUT2D eigenvalue weighted by Gasteiger charge is 2.29. The Morgan fingerprint density at radius 1 is 1.12 bits per heavy atom. The molecule has 9 heteroatoms. The fraction of sp³-hybridized carbons (Fsp3) is 0.280. The normalized spacial score (nSPS) is 14.4. The molecule has 0 unspecified atom stereocenters. The van der Waals surface area contributed by atoms with Gasteiger partial charge in [-0.05, 0) is 53.3 Å². The lowest BCUT2D eigenvalue weighted by Crippen LogP contribution is -2.34. The second kappa shape index (κ2) is 9.52. The lowest BCUT2D eigenvalue weighted by atomic mass is 9.82. The summed E-state index contributed by atoms with van der Waals surface area (Å²) in [5.74, 6) is -0.0760. The maximum Gasteiger partial charge on any atom is 0.276 e. The highest BCUT2D eigenvalue weighted by atomic mass is 35.5. The SMILES string of the molecule is CC(C)(C)c1ccccc1-c1ccc(N2CC=C(NS(=O)(=O)CCc3ccc(Cl)s3)C2=O)nc1. The summed E-state index contributed by atoms with van der Waals surface area (Å²) in [7, 11) is -3.68. The van der Waals surface area contributed by atoms with Crippen LogP contribution >= 0.6 is 22.9 Å². The fourth-order valence-corrected chi connectivity index (χ4v) is 6.13. The Morgan fingerprint density at radius 3 is 2.53 bits per heavy atom. The predicted molar refractivity (Wildman–Crippen MR) is 139 cm³/mol. The number of aromatic nitrogens is 1. The van der Waals surface area contributed by atoms with Crippen molar-refractivity contribution < 1.29 is 13.2 Å². The summed E-state index contributed by atoms with van der Waals surface area (Å²) in [4.78, 5) is 19.7. The summed E-state index contributed by atoms with van der Waals surface area (Å²) < 4.78 is 28.1. The third kappa shape index (κ3) is 5.51. The number of rotatable bonds is 7. The second-order valence-corrected chi connectivity index (χ2v) is 12.8. The number of carbonyl (C=O) groups is 1. The minimum absolute atomic E-state index is 0.0219. The van der Waals surface area contributed by atoms with Gasteiger partial charge >= 0.3 is 0 Å². The molecule has 1 aliphatic heterocycles. The molecule has 3 aromatic rings. The zero-order valence-electron chi connectivity index (χ0n) is 19.2. The summed E-state index contributed by atoms with van der Waals surface area (Å²) in [5, 5.41) is 0. The van der Waals surface area contributed by atoms with E-state index in [-0.39, 0.29) is 23.4 Å². The molecular formula is C25H26ClN3O3S2. The van der Waals surface area contributed by atoms with E-state index in [4.69, 9.17) is 11.6 Å². The summed E-state index contributed by atoms with van der Waals surface area (Å²) in [5.41, 5.74) is 3.30. The van der Waals surface area contributed by atoms with Gasteiger partial charge in [0.25, 0.3) is 5.91 Å². The van der Waals surface area contributed by atoms with E-state index in [0.29, 0.717) is 16.6 Å². The van der Waals surface area contributed by atoms with E-state index in [0.717, 1.165) is 16.0 Å². The van der Waals surface area contributed by atoms with E-state index in [9.17, 15) is 13.2 Å². The lowest BCUT2D eigenvalue weighted by Gasteiger charge is -2.23. The van der Waals surface area contributed by atoms with Crippen LogP contribution in [-0.2, 0) is 26.7 Å². The molecule has 6 nitrogen and oxygen atoms in total. The number of anilines is 1. The fourth-order valence-electron chi connectivity index (χ4n) is 3.81. The van der Waals surface area contributed by atoms with Crippen LogP contribution in [0.15, 0.2) is 66.5 Å². The average Bonchev–Trinajstić information content (AvgIpc) is 3.37. The molecule has 1 N–H and O–H groups in total. The number of benzene rings is 1. The van der Waals surface area contributed by atoms with Gasteiger partial charge in [-0.1, -0.05) is 56.6 Å². The van der Waals surface area contributed by atoms with E-state index < -0.39 is 15.9 Å². The Bertz CT molecular complexity index is 1340. The number of nitrogens with one attached hydrogen (secondary N) is 1. The number of hydrogen-bond acceptors (Lipinski definition) is 5. The Morgan fingerprint density at radius 2 is 1.88 bits per heavy atom. The van der Waals surface area contributed by atoms with Gasteiger partial charge in [0.1, 0.15) is 11.5 Å². The zero-order chi connectivity index (χ0) is 24.5. The number of hydrogen-bond donors (Lipinski definition) is 1. The number of aryl methyl sites for hydroxylation is 1. The number of sulfonamides is 1. The Hall–Kier alpha value is -2.68. The third-order valence-electron chi connectivity index (χ3n) is 5.54. The van der Waals surface area contributed by atoms with Gasteiger partial charge in [0.15, 0.2) is 0 Å². The molecule has 2 aromatic heterocycles. The van der Waals surface area contributed by atoms with Gasteiger partial charge < -0.3 is 0 Å². The summed E-state index contributed by atoms with van der Waals surface area (Å²) >= 11 is 7.25. The molecule has 0 radical (unpaired) electrons. The number of nitrogens with zero attached hydrogens (tertiary/aromatic N) is 2. The first-order valence-electron chi connectivity index (χ1n) is 10.9. The largest absolute Gasteiger partial charge is 0.287 e. The third-order valence-corrected chi connectivity index (χ3v) is 8.10. The van der Waals surface area contributed by atoms with Crippen LogP contribution in [0.25, 0.3) is 11.1 Å². The zero-order valence-corrected chi connectivity index (χ0v) is 21.6. The van der Waals surface area contributed by atoms with Crippen molar-refractivity contribution in [3.63, 3.8) is 0 Å².